The van der Waals surface area contributed by atoms with Crippen LogP contribution >= 0.6 is 11.8 Å². The van der Waals surface area contributed by atoms with Crippen molar-refractivity contribution in [2.45, 2.75) is 0 Å². The molecule has 0 aliphatic rings. The van der Waals surface area contributed by atoms with Crippen LogP contribution in [0.4, 0.5) is 4.79 Å². The van der Waals surface area contributed by atoms with Crippen LogP contribution in [-0.4, -0.2) is 23.9 Å². The van der Waals surface area contributed by atoms with Crippen molar-refractivity contribution in [1.82, 2.24) is 10.9 Å². The van der Waals surface area contributed by atoms with Gasteiger partial charge in [-0.3, -0.25) is 10.2 Å². The first-order valence-corrected chi connectivity index (χ1v) is 3.89. The summed E-state index contributed by atoms with van der Waals surface area (Å²) < 4.78 is 0. The molecule has 0 atom stereocenters. The number of carbonyl (C=O) groups excluding carboxylic acids is 2. The van der Waals surface area contributed by atoms with E-state index >= 15 is 0 Å². The molecular weight excluding hydrogens is 154 g/mol. The van der Waals surface area contributed by atoms with E-state index in [9.17, 15) is 9.59 Å². The summed E-state index contributed by atoms with van der Waals surface area (Å²) in [6, 6.07) is -0.769. The summed E-state index contributed by atoms with van der Waals surface area (Å²) in [6.07, 6.45) is 1.78. The molecule has 0 saturated carbocycles. The fourth-order valence-electron chi connectivity index (χ4n) is 0.298. The van der Waals surface area contributed by atoms with Crippen molar-refractivity contribution >= 4 is 23.7 Å². The van der Waals surface area contributed by atoms with Gasteiger partial charge in [0.25, 0.3) is 0 Å². The number of carbonyl (C=O) groups is 2. The molecule has 0 heterocycles. The lowest BCUT2D eigenvalue weighted by Gasteiger charge is -2.01. The van der Waals surface area contributed by atoms with Gasteiger partial charge in [-0.2, -0.15) is 11.8 Å². The average Bonchev–Trinajstić information content (AvgIpc) is 1.85. The Morgan fingerprint density at radius 2 is 2.10 bits per heavy atom. The number of rotatable bonds is 2. The minimum absolute atomic E-state index is 0.272. The molecule has 0 aliphatic heterocycles. The molecule has 0 rings (SSSR count). The zero-order valence-electron chi connectivity index (χ0n) is 5.51. The lowest BCUT2D eigenvalue weighted by Crippen LogP contribution is -2.45. The van der Waals surface area contributed by atoms with E-state index in [2.05, 4.69) is 11.2 Å². The molecule has 0 fully saturated rings. The van der Waals surface area contributed by atoms with Gasteiger partial charge < -0.3 is 5.73 Å². The molecule has 0 aromatic carbocycles. The molecule has 0 aliphatic carbocycles. The molecule has 0 aromatic rings. The quantitative estimate of drug-likeness (QED) is 0.459. The molecule has 0 bridgehead atoms. The van der Waals surface area contributed by atoms with E-state index in [1.165, 1.54) is 11.8 Å². The van der Waals surface area contributed by atoms with E-state index < -0.39 is 6.03 Å². The third-order valence-corrected chi connectivity index (χ3v) is 1.15. The highest BCUT2D eigenvalue weighted by Crippen LogP contribution is 1.87. The van der Waals surface area contributed by atoms with Gasteiger partial charge in [0.2, 0.25) is 5.91 Å². The normalized spacial score (nSPS) is 8.50. The molecule has 0 aromatic heterocycles. The maximum absolute atomic E-state index is 10.5. The van der Waals surface area contributed by atoms with Crippen molar-refractivity contribution in [3.8, 4) is 0 Å². The highest BCUT2D eigenvalue weighted by molar-refractivity contribution is 7.99. The van der Waals surface area contributed by atoms with Gasteiger partial charge in [0.1, 0.15) is 0 Å². The number of hydrazine groups is 1. The van der Waals surface area contributed by atoms with Crippen molar-refractivity contribution in [3.05, 3.63) is 0 Å². The second-order valence-corrected chi connectivity index (χ2v) is 2.34. The standard InChI is InChI=1S/C4H9N3O2S/c1-10-2-3(8)6-7-4(5)9/h2H2,1H3,(H,6,8)(H3,5,7,9). The molecule has 4 N–H and O–H groups in total. The van der Waals surface area contributed by atoms with Gasteiger partial charge in [0.05, 0.1) is 5.75 Å². The van der Waals surface area contributed by atoms with Gasteiger partial charge >= 0.3 is 6.03 Å². The summed E-state index contributed by atoms with van der Waals surface area (Å²) in [6.45, 7) is 0. The lowest BCUT2D eigenvalue weighted by molar-refractivity contribution is -0.119. The topological polar surface area (TPSA) is 84.2 Å². The number of nitrogens with one attached hydrogen (secondary N) is 2. The first-order chi connectivity index (χ1) is 4.66. The third kappa shape index (κ3) is 5.23. The predicted molar refractivity (Wildman–Crippen MR) is 39.2 cm³/mol. The van der Waals surface area contributed by atoms with Crippen LogP contribution in [0.15, 0.2) is 0 Å². The molecule has 10 heavy (non-hydrogen) atoms. The molecule has 0 saturated heterocycles. The van der Waals surface area contributed by atoms with Crippen molar-refractivity contribution in [3.63, 3.8) is 0 Å². The second kappa shape index (κ2) is 4.92. The van der Waals surface area contributed by atoms with E-state index in [1.54, 1.807) is 6.26 Å². The average molecular weight is 163 g/mol. The summed E-state index contributed by atoms with van der Waals surface area (Å²) in [7, 11) is 0. The Bertz CT molecular complexity index is 138. The Morgan fingerprint density at radius 1 is 1.50 bits per heavy atom. The molecule has 3 amide bonds. The van der Waals surface area contributed by atoms with E-state index in [0.717, 1.165) is 0 Å². The summed E-state index contributed by atoms with van der Waals surface area (Å²) in [5.74, 6) is 0.0339. The third-order valence-electron chi connectivity index (χ3n) is 0.601. The number of amides is 3. The maximum atomic E-state index is 10.5. The number of thioether (sulfide) groups is 1. The molecule has 5 nitrogen and oxygen atoms in total. The highest BCUT2D eigenvalue weighted by Gasteiger charge is 1.97. The zero-order chi connectivity index (χ0) is 7.98. The first-order valence-electron chi connectivity index (χ1n) is 2.50. The number of hydrogen-bond acceptors (Lipinski definition) is 3. The molecule has 0 radical (unpaired) electrons. The Hall–Kier alpha value is -0.910. The van der Waals surface area contributed by atoms with Gasteiger partial charge in [-0.1, -0.05) is 0 Å². The summed E-state index contributed by atoms with van der Waals surface area (Å²) in [4.78, 5) is 20.5. The van der Waals surface area contributed by atoms with Crippen molar-refractivity contribution < 1.29 is 9.59 Å². The Balaban J connectivity index is 3.30. The molecule has 0 spiro atoms. The SMILES string of the molecule is CSCC(=O)NNC(N)=O. The second-order valence-electron chi connectivity index (χ2n) is 1.47. The van der Waals surface area contributed by atoms with Crippen LogP contribution in [-0.2, 0) is 4.79 Å². The minimum Gasteiger partial charge on any atom is -0.350 e. The van der Waals surface area contributed by atoms with Crippen molar-refractivity contribution in [2.75, 3.05) is 12.0 Å². The zero-order valence-corrected chi connectivity index (χ0v) is 6.33. The van der Waals surface area contributed by atoms with Gasteiger partial charge in [-0.05, 0) is 6.26 Å². The molecular formula is C4H9N3O2S. The lowest BCUT2D eigenvalue weighted by atomic mass is 10.7. The summed E-state index contributed by atoms with van der Waals surface area (Å²) >= 11 is 1.36. The fraction of sp³-hybridized carbons (Fsp3) is 0.500. The van der Waals surface area contributed by atoms with E-state index in [-0.39, 0.29) is 5.91 Å². The van der Waals surface area contributed by atoms with Gasteiger partial charge in [0.15, 0.2) is 0 Å². The Labute approximate surface area is 62.7 Å². The number of nitrogens with two attached hydrogens (primary N) is 1. The number of urea groups is 1. The summed E-state index contributed by atoms with van der Waals surface area (Å²) in [5, 5.41) is 0. The smallest absolute Gasteiger partial charge is 0.330 e. The van der Waals surface area contributed by atoms with E-state index in [1.807, 2.05) is 5.43 Å². The molecule has 58 valence electrons. The minimum atomic E-state index is -0.769. The number of hydrogen-bond donors (Lipinski definition) is 3. The van der Waals surface area contributed by atoms with Crippen LogP contribution in [0.2, 0.25) is 0 Å². The first kappa shape index (κ1) is 9.09. The molecule has 0 unspecified atom stereocenters. The van der Waals surface area contributed by atoms with Crippen molar-refractivity contribution in [2.24, 2.45) is 5.73 Å². The largest absolute Gasteiger partial charge is 0.350 e. The maximum Gasteiger partial charge on any atom is 0.330 e. The molecule has 6 heteroatoms. The van der Waals surface area contributed by atoms with Crippen LogP contribution in [0.25, 0.3) is 0 Å². The van der Waals surface area contributed by atoms with Crippen molar-refractivity contribution in [1.29, 1.82) is 0 Å². The van der Waals surface area contributed by atoms with Crippen LogP contribution in [0.3, 0.4) is 0 Å². The number of primary amides is 1. The van der Waals surface area contributed by atoms with Gasteiger partial charge in [-0.15, -0.1) is 0 Å². The fourth-order valence-corrected chi connectivity index (χ4v) is 0.633. The van der Waals surface area contributed by atoms with Crippen LogP contribution in [0.1, 0.15) is 0 Å². The monoisotopic (exact) mass is 163 g/mol. The van der Waals surface area contributed by atoms with Gasteiger partial charge in [0, 0.05) is 0 Å². The van der Waals surface area contributed by atoms with Crippen LogP contribution in [0.5, 0.6) is 0 Å². The van der Waals surface area contributed by atoms with Crippen LogP contribution in [0, 0.1) is 0 Å². The summed E-state index contributed by atoms with van der Waals surface area (Å²) in [5.41, 5.74) is 8.72. The Kier molecular flexibility index (Phi) is 4.47. The Morgan fingerprint density at radius 3 is 2.50 bits per heavy atom. The van der Waals surface area contributed by atoms with Crippen LogP contribution < -0.4 is 16.6 Å². The highest BCUT2D eigenvalue weighted by atomic mass is 32.2. The predicted octanol–water partition coefficient (Wildman–Crippen LogP) is -0.951. The van der Waals surface area contributed by atoms with E-state index in [4.69, 9.17) is 0 Å². The van der Waals surface area contributed by atoms with Gasteiger partial charge in [-0.25, -0.2) is 10.2 Å². The van der Waals surface area contributed by atoms with E-state index in [0.29, 0.717) is 5.75 Å².